The third-order valence-electron chi connectivity index (χ3n) is 3.91. The van der Waals surface area contributed by atoms with E-state index in [1.165, 1.54) is 31.4 Å². The van der Waals surface area contributed by atoms with Gasteiger partial charge in [-0.1, -0.05) is 0 Å². The summed E-state index contributed by atoms with van der Waals surface area (Å²) in [5, 5.41) is 19.8. The number of hydrogen-bond acceptors (Lipinski definition) is 7. The van der Waals surface area contributed by atoms with E-state index in [4.69, 9.17) is 14.3 Å². The van der Waals surface area contributed by atoms with Crippen molar-refractivity contribution >= 4 is 27.4 Å². The molecule has 0 spiro atoms. The number of benzene rings is 2. The summed E-state index contributed by atoms with van der Waals surface area (Å²) in [6.07, 6.45) is 0. The number of methoxy groups -OCH3 is 1. The number of hydrogen-bond donors (Lipinski definition) is 2. The predicted molar refractivity (Wildman–Crippen MR) is 102 cm³/mol. The average Bonchev–Trinajstić information content (AvgIpc) is 3.18. The Morgan fingerprint density at radius 3 is 2.38 bits per heavy atom. The van der Waals surface area contributed by atoms with Crippen molar-refractivity contribution in [3.63, 3.8) is 0 Å². The van der Waals surface area contributed by atoms with Gasteiger partial charge < -0.3 is 14.3 Å². The van der Waals surface area contributed by atoms with Gasteiger partial charge in [0.15, 0.2) is 0 Å². The quantitative estimate of drug-likeness (QED) is 0.438. The largest absolute Gasteiger partial charge is 0.497 e. The number of nitro groups is 1. The van der Waals surface area contributed by atoms with Crippen molar-refractivity contribution in [2.24, 2.45) is 0 Å². The third kappa shape index (κ3) is 4.19. The third-order valence-corrected chi connectivity index (χ3v) is 5.29. The summed E-state index contributed by atoms with van der Waals surface area (Å²) in [7, 11) is -2.71. The van der Waals surface area contributed by atoms with Gasteiger partial charge >= 0.3 is 5.97 Å². The molecule has 150 valence electrons. The molecule has 1 heterocycles. The Labute approximate surface area is 164 Å². The molecule has 2 aromatic carbocycles. The number of aromatic carboxylic acids is 1. The molecule has 0 aliphatic heterocycles. The molecule has 10 nitrogen and oxygen atoms in total. The van der Waals surface area contributed by atoms with E-state index >= 15 is 0 Å². The van der Waals surface area contributed by atoms with Gasteiger partial charge in [0.1, 0.15) is 11.5 Å². The van der Waals surface area contributed by atoms with Gasteiger partial charge in [0.25, 0.3) is 15.7 Å². The molecule has 11 heteroatoms. The highest BCUT2D eigenvalue weighted by Crippen LogP contribution is 2.34. The Balaban J connectivity index is 2.02. The maximum atomic E-state index is 12.7. The number of anilines is 1. The zero-order valence-corrected chi connectivity index (χ0v) is 15.7. The molecule has 2 N–H and O–H groups in total. The van der Waals surface area contributed by atoms with Gasteiger partial charge in [-0.2, -0.15) is 0 Å². The predicted octanol–water partition coefficient (Wildman–Crippen LogP) is 3.36. The SMILES string of the molecule is COc1ccc(-c2ccc(C(=O)O)o2)c(NS(=O)(=O)c2ccc([N+](=O)[O-])cc2)c1. The fourth-order valence-electron chi connectivity index (χ4n) is 2.50. The molecule has 0 atom stereocenters. The van der Waals surface area contributed by atoms with E-state index in [1.54, 1.807) is 6.07 Å². The first-order chi connectivity index (χ1) is 13.7. The lowest BCUT2D eigenvalue weighted by atomic mass is 10.1. The zero-order chi connectivity index (χ0) is 21.2. The van der Waals surface area contributed by atoms with Crippen LogP contribution in [0.3, 0.4) is 0 Å². The number of furan rings is 1. The monoisotopic (exact) mass is 418 g/mol. The van der Waals surface area contributed by atoms with Crippen molar-refractivity contribution in [2.45, 2.75) is 4.90 Å². The van der Waals surface area contributed by atoms with Crippen molar-refractivity contribution in [2.75, 3.05) is 11.8 Å². The molecule has 0 bridgehead atoms. The molecule has 3 aromatic rings. The summed E-state index contributed by atoms with van der Waals surface area (Å²) in [6, 6.07) is 11.5. The van der Waals surface area contributed by atoms with Crippen LogP contribution in [0.15, 0.2) is 63.9 Å². The Hall–Kier alpha value is -3.86. The van der Waals surface area contributed by atoms with Crippen LogP contribution in [0.1, 0.15) is 10.6 Å². The summed E-state index contributed by atoms with van der Waals surface area (Å²) in [5.74, 6) is -1.09. The number of sulfonamides is 1. The highest BCUT2D eigenvalue weighted by molar-refractivity contribution is 7.92. The van der Waals surface area contributed by atoms with Crippen LogP contribution < -0.4 is 9.46 Å². The minimum atomic E-state index is -4.11. The van der Waals surface area contributed by atoms with Crippen molar-refractivity contribution in [3.05, 3.63) is 70.5 Å². The van der Waals surface area contributed by atoms with Gasteiger partial charge in [0.05, 0.1) is 22.6 Å². The lowest BCUT2D eigenvalue weighted by Crippen LogP contribution is -2.13. The fraction of sp³-hybridized carbons (Fsp3) is 0.0556. The molecule has 29 heavy (non-hydrogen) atoms. The minimum absolute atomic E-state index is 0.0778. The number of nitrogens with zero attached hydrogens (tertiary/aromatic N) is 1. The van der Waals surface area contributed by atoms with E-state index in [2.05, 4.69) is 4.72 Å². The molecule has 0 radical (unpaired) electrons. The molecular weight excluding hydrogens is 404 g/mol. The lowest BCUT2D eigenvalue weighted by Gasteiger charge is -2.13. The first kappa shape index (κ1) is 19.9. The first-order valence-corrected chi connectivity index (χ1v) is 9.48. The van der Waals surface area contributed by atoms with Gasteiger partial charge in [-0.25, -0.2) is 13.2 Å². The van der Waals surface area contributed by atoms with Crippen LogP contribution in [0.5, 0.6) is 5.75 Å². The molecule has 0 aliphatic carbocycles. The summed E-state index contributed by atoms with van der Waals surface area (Å²) in [4.78, 5) is 21.0. The average molecular weight is 418 g/mol. The van der Waals surface area contributed by atoms with Crippen LogP contribution >= 0.6 is 0 Å². The van der Waals surface area contributed by atoms with Crippen molar-refractivity contribution in [1.82, 2.24) is 0 Å². The second-order valence-electron chi connectivity index (χ2n) is 5.74. The van der Waals surface area contributed by atoms with Gasteiger partial charge in [-0.3, -0.25) is 14.8 Å². The van der Waals surface area contributed by atoms with E-state index < -0.39 is 20.9 Å². The second kappa shape index (κ2) is 7.64. The molecule has 0 saturated carbocycles. The number of nitro benzene ring substituents is 1. The van der Waals surface area contributed by atoms with E-state index in [9.17, 15) is 23.3 Å². The Bertz CT molecular complexity index is 1180. The van der Waals surface area contributed by atoms with Gasteiger partial charge in [-0.15, -0.1) is 0 Å². The number of non-ortho nitro benzene ring substituents is 1. The van der Waals surface area contributed by atoms with Crippen LogP contribution in [-0.4, -0.2) is 31.5 Å². The number of rotatable bonds is 7. The standard InChI is InChI=1S/C18H14N2O8S/c1-27-12-4-7-14(16-8-9-17(28-16)18(21)22)15(10-12)19-29(25,26)13-5-2-11(3-6-13)20(23)24/h2-10,19H,1H3,(H,21,22). The van der Waals surface area contributed by atoms with Gasteiger partial charge in [0, 0.05) is 23.8 Å². The fourth-order valence-corrected chi connectivity index (χ4v) is 3.57. The van der Waals surface area contributed by atoms with E-state index in [-0.39, 0.29) is 33.4 Å². The van der Waals surface area contributed by atoms with Crippen LogP contribution in [0.25, 0.3) is 11.3 Å². The number of carboxylic acid groups (broad SMARTS) is 1. The van der Waals surface area contributed by atoms with E-state index in [0.717, 1.165) is 24.3 Å². The van der Waals surface area contributed by atoms with Crippen LogP contribution in [0.2, 0.25) is 0 Å². The van der Waals surface area contributed by atoms with E-state index in [0.29, 0.717) is 5.75 Å². The molecule has 0 saturated heterocycles. The number of ether oxygens (including phenoxy) is 1. The summed E-state index contributed by atoms with van der Waals surface area (Å²) in [6.45, 7) is 0. The maximum absolute atomic E-state index is 12.7. The Kier molecular flexibility index (Phi) is 5.24. The maximum Gasteiger partial charge on any atom is 0.371 e. The summed E-state index contributed by atoms with van der Waals surface area (Å²) in [5.41, 5.74) is 0.112. The number of carbonyl (C=O) groups is 1. The first-order valence-electron chi connectivity index (χ1n) is 8.00. The molecule has 1 aromatic heterocycles. The molecule has 3 rings (SSSR count). The highest BCUT2D eigenvalue weighted by atomic mass is 32.2. The van der Waals surface area contributed by atoms with Crippen molar-refractivity contribution < 1.29 is 32.4 Å². The summed E-state index contributed by atoms with van der Waals surface area (Å²) >= 11 is 0. The number of nitrogens with one attached hydrogen (secondary N) is 1. The highest BCUT2D eigenvalue weighted by Gasteiger charge is 2.20. The lowest BCUT2D eigenvalue weighted by molar-refractivity contribution is -0.384. The van der Waals surface area contributed by atoms with Crippen molar-refractivity contribution in [3.8, 4) is 17.1 Å². The Morgan fingerprint density at radius 2 is 1.83 bits per heavy atom. The number of carboxylic acids is 1. The minimum Gasteiger partial charge on any atom is -0.497 e. The van der Waals surface area contributed by atoms with Crippen LogP contribution in [0, 0.1) is 10.1 Å². The topological polar surface area (TPSA) is 149 Å². The molecular formula is C18H14N2O8S. The van der Waals surface area contributed by atoms with Gasteiger partial charge in [-0.05, 0) is 36.4 Å². The normalized spacial score (nSPS) is 11.1. The van der Waals surface area contributed by atoms with Gasteiger partial charge in [0.2, 0.25) is 5.76 Å². The molecule has 0 aliphatic rings. The van der Waals surface area contributed by atoms with Crippen LogP contribution in [0.4, 0.5) is 11.4 Å². The smallest absolute Gasteiger partial charge is 0.371 e. The molecule has 0 amide bonds. The van der Waals surface area contributed by atoms with Crippen molar-refractivity contribution in [1.29, 1.82) is 0 Å². The summed E-state index contributed by atoms with van der Waals surface area (Å²) < 4.78 is 38.2. The van der Waals surface area contributed by atoms with Crippen LogP contribution in [-0.2, 0) is 10.0 Å². The molecule has 0 fully saturated rings. The van der Waals surface area contributed by atoms with E-state index in [1.807, 2.05) is 0 Å². The molecule has 0 unspecified atom stereocenters. The Morgan fingerprint density at radius 1 is 1.14 bits per heavy atom. The zero-order valence-electron chi connectivity index (χ0n) is 14.9. The second-order valence-corrected chi connectivity index (χ2v) is 7.42.